The molecule has 0 aliphatic rings. The lowest BCUT2D eigenvalue weighted by Crippen LogP contribution is -2.06. The van der Waals surface area contributed by atoms with Crippen LogP contribution in [0.25, 0.3) is 0 Å². The van der Waals surface area contributed by atoms with E-state index in [1.54, 1.807) is 11.8 Å². The maximum Gasteiger partial charge on any atom is 0.169 e. The van der Waals surface area contributed by atoms with Gasteiger partial charge in [0.1, 0.15) is 12.3 Å². The van der Waals surface area contributed by atoms with E-state index < -0.39 is 0 Å². The zero-order valence-electron chi connectivity index (χ0n) is 9.88. The van der Waals surface area contributed by atoms with Crippen molar-refractivity contribution < 1.29 is 9.26 Å². The van der Waals surface area contributed by atoms with Crippen LogP contribution >= 0.6 is 0 Å². The minimum atomic E-state index is 0.410. The Morgan fingerprint density at radius 2 is 2.35 bits per heavy atom. The number of hydrogen-bond acceptors (Lipinski definition) is 6. The molecular weight excluding hydrogens is 222 g/mol. The van der Waals surface area contributed by atoms with Crippen molar-refractivity contribution in [2.75, 3.05) is 12.8 Å². The maximum atomic E-state index is 5.70. The van der Waals surface area contributed by atoms with Crippen LogP contribution in [-0.4, -0.2) is 27.3 Å². The predicted molar refractivity (Wildman–Crippen MR) is 60.1 cm³/mol. The third-order valence-corrected chi connectivity index (χ3v) is 2.41. The highest BCUT2D eigenvalue weighted by atomic mass is 16.5. The van der Waals surface area contributed by atoms with Gasteiger partial charge in [-0.3, -0.25) is 0 Å². The highest BCUT2D eigenvalue weighted by Crippen LogP contribution is 2.11. The van der Waals surface area contributed by atoms with E-state index >= 15 is 0 Å². The number of ether oxygens (including phenoxy) is 1. The molecule has 2 aromatic rings. The molecule has 2 heterocycles. The number of hydrogen-bond donors (Lipinski definition) is 1. The van der Waals surface area contributed by atoms with Gasteiger partial charge in [-0.15, -0.1) is 5.10 Å². The molecular formula is C10H15N5O2. The largest absolute Gasteiger partial charge is 0.381 e. The SMILES string of the molecule is CCc1c(N)nnn1Cc1cc(COC)on1. The van der Waals surface area contributed by atoms with E-state index in [2.05, 4.69) is 15.5 Å². The fourth-order valence-electron chi connectivity index (χ4n) is 1.63. The number of aromatic nitrogens is 4. The van der Waals surface area contributed by atoms with Gasteiger partial charge in [0.2, 0.25) is 0 Å². The summed E-state index contributed by atoms with van der Waals surface area (Å²) in [4.78, 5) is 0. The maximum absolute atomic E-state index is 5.70. The minimum Gasteiger partial charge on any atom is -0.381 e. The third kappa shape index (κ3) is 2.44. The van der Waals surface area contributed by atoms with Crippen LogP contribution in [-0.2, 0) is 24.3 Å². The summed E-state index contributed by atoms with van der Waals surface area (Å²) in [5, 5.41) is 11.7. The lowest BCUT2D eigenvalue weighted by Gasteiger charge is -2.01. The van der Waals surface area contributed by atoms with Crippen molar-refractivity contribution in [2.24, 2.45) is 0 Å². The van der Waals surface area contributed by atoms with Gasteiger partial charge in [-0.05, 0) is 6.42 Å². The van der Waals surface area contributed by atoms with Gasteiger partial charge in [-0.1, -0.05) is 17.3 Å². The second-order valence-corrected chi connectivity index (χ2v) is 3.65. The smallest absolute Gasteiger partial charge is 0.169 e. The minimum absolute atomic E-state index is 0.410. The molecule has 0 fully saturated rings. The standard InChI is InChI=1S/C10H15N5O2/c1-3-9-10(11)12-14-15(9)5-7-4-8(6-16-2)17-13-7/h4H,3,5-6,11H2,1-2H3. The van der Waals surface area contributed by atoms with Crippen molar-refractivity contribution in [3.63, 3.8) is 0 Å². The Hall–Kier alpha value is -1.89. The molecule has 0 unspecified atom stereocenters. The molecule has 92 valence electrons. The molecule has 7 nitrogen and oxygen atoms in total. The molecule has 0 atom stereocenters. The molecule has 0 spiro atoms. The molecule has 0 aromatic carbocycles. The Bertz CT molecular complexity index is 491. The number of anilines is 1. The molecule has 0 saturated carbocycles. The molecule has 0 aliphatic carbocycles. The average Bonchev–Trinajstić information content (AvgIpc) is 2.88. The first kappa shape index (κ1) is 11.6. The lowest BCUT2D eigenvalue weighted by atomic mass is 10.3. The summed E-state index contributed by atoms with van der Waals surface area (Å²) in [5.74, 6) is 1.15. The van der Waals surface area contributed by atoms with Gasteiger partial charge in [0.15, 0.2) is 11.6 Å². The summed E-state index contributed by atoms with van der Waals surface area (Å²) >= 11 is 0. The van der Waals surface area contributed by atoms with Gasteiger partial charge >= 0.3 is 0 Å². The van der Waals surface area contributed by atoms with Crippen molar-refractivity contribution in [1.29, 1.82) is 0 Å². The average molecular weight is 237 g/mol. The molecule has 0 aliphatic heterocycles. The predicted octanol–water partition coefficient (Wildman–Crippen LogP) is 0.605. The van der Waals surface area contributed by atoms with E-state index in [1.165, 1.54) is 0 Å². The molecule has 0 radical (unpaired) electrons. The first-order valence-corrected chi connectivity index (χ1v) is 5.35. The normalized spacial score (nSPS) is 10.9. The van der Waals surface area contributed by atoms with E-state index in [-0.39, 0.29) is 0 Å². The van der Waals surface area contributed by atoms with E-state index in [1.807, 2.05) is 13.0 Å². The van der Waals surface area contributed by atoms with E-state index in [4.69, 9.17) is 15.0 Å². The summed E-state index contributed by atoms with van der Waals surface area (Å²) in [5.41, 5.74) is 7.38. The van der Waals surface area contributed by atoms with Crippen molar-refractivity contribution >= 4 is 5.82 Å². The van der Waals surface area contributed by atoms with Crippen LogP contribution < -0.4 is 5.73 Å². The van der Waals surface area contributed by atoms with Gasteiger partial charge in [0, 0.05) is 13.2 Å². The van der Waals surface area contributed by atoms with Crippen molar-refractivity contribution in [1.82, 2.24) is 20.2 Å². The molecule has 2 rings (SSSR count). The second kappa shape index (κ2) is 4.96. The Balaban J connectivity index is 2.13. The van der Waals surface area contributed by atoms with Crippen molar-refractivity contribution in [3.05, 3.63) is 23.2 Å². The summed E-state index contributed by atoms with van der Waals surface area (Å²) in [7, 11) is 1.61. The number of nitrogens with zero attached hydrogens (tertiary/aromatic N) is 4. The Morgan fingerprint density at radius 3 is 3.06 bits per heavy atom. The van der Waals surface area contributed by atoms with Gasteiger partial charge in [0.05, 0.1) is 12.2 Å². The van der Waals surface area contributed by atoms with Crippen LogP contribution in [0.15, 0.2) is 10.6 Å². The van der Waals surface area contributed by atoms with Crippen LogP contribution in [0.4, 0.5) is 5.82 Å². The van der Waals surface area contributed by atoms with Crippen LogP contribution in [0.5, 0.6) is 0 Å². The van der Waals surface area contributed by atoms with Gasteiger partial charge in [0.25, 0.3) is 0 Å². The molecule has 2 aromatic heterocycles. The van der Waals surface area contributed by atoms with Gasteiger partial charge in [-0.25, -0.2) is 4.68 Å². The van der Waals surface area contributed by atoms with Crippen LogP contribution in [0.1, 0.15) is 24.1 Å². The number of methoxy groups -OCH3 is 1. The third-order valence-electron chi connectivity index (χ3n) is 2.41. The van der Waals surface area contributed by atoms with Crippen LogP contribution in [0.3, 0.4) is 0 Å². The van der Waals surface area contributed by atoms with Crippen LogP contribution in [0.2, 0.25) is 0 Å². The fourth-order valence-corrected chi connectivity index (χ4v) is 1.63. The molecule has 7 heteroatoms. The quantitative estimate of drug-likeness (QED) is 0.818. The van der Waals surface area contributed by atoms with E-state index in [0.717, 1.165) is 17.8 Å². The van der Waals surface area contributed by atoms with Gasteiger partial charge in [-0.2, -0.15) is 0 Å². The molecule has 0 bridgehead atoms. The molecule has 2 N–H and O–H groups in total. The summed E-state index contributed by atoms with van der Waals surface area (Å²) in [6.07, 6.45) is 0.779. The van der Waals surface area contributed by atoms with Crippen molar-refractivity contribution in [2.45, 2.75) is 26.5 Å². The molecule has 17 heavy (non-hydrogen) atoms. The zero-order valence-corrected chi connectivity index (χ0v) is 9.88. The topological polar surface area (TPSA) is 92.0 Å². The Labute approximate surface area is 98.5 Å². The molecule has 0 saturated heterocycles. The first-order valence-electron chi connectivity index (χ1n) is 5.35. The highest BCUT2D eigenvalue weighted by molar-refractivity contribution is 5.33. The number of nitrogens with two attached hydrogens (primary N) is 1. The first-order chi connectivity index (χ1) is 8.24. The fraction of sp³-hybridized carbons (Fsp3) is 0.500. The lowest BCUT2D eigenvalue weighted by molar-refractivity contribution is 0.155. The monoisotopic (exact) mass is 237 g/mol. The van der Waals surface area contributed by atoms with Gasteiger partial charge < -0.3 is 15.0 Å². The highest BCUT2D eigenvalue weighted by Gasteiger charge is 2.11. The second-order valence-electron chi connectivity index (χ2n) is 3.65. The number of nitrogen functional groups attached to an aromatic ring is 1. The van der Waals surface area contributed by atoms with Crippen molar-refractivity contribution in [3.8, 4) is 0 Å². The Morgan fingerprint density at radius 1 is 1.53 bits per heavy atom. The van der Waals surface area contributed by atoms with Crippen LogP contribution in [0, 0.1) is 0 Å². The summed E-state index contributed by atoms with van der Waals surface area (Å²) < 4.78 is 11.8. The molecule has 0 amide bonds. The van der Waals surface area contributed by atoms with E-state index in [9.17, 15) is 0 Å². The Kier molecular flexibility index (Phi) is 3.38. The summed E-state index contributed by atoms with van der Waals surface area (Å²) in [6, 6.07) is 1.83. The zero-order chi connectivity index (χ0) is 12.3. The van der Waals surface area contributed by atoms with E-state index in [0.29, 0.717) is 24.7 Å². The number of rotatable bonds is 5. The summed E-state index contributed by atoms with van der Waals surface area (Å²) in [6.45, 7) is 2.92.